The van der Waals surface area contributed by atoms with Crippen LogP contribution in [0.2, 0.25) is 0 Å². The van der Waals surface area contributed by atoms with Crippen LogP contribution in [0.15, 0.2) is 36.5 Å². The number of benzene rings is 1. The number of hydrogen-bond acceptors (Lipinski definition) is 5. The Balaban J connectivity index is 1.72. The van der Waals surface area contributed by atoms with Gasteiger partial charge < -0.3 is 10.1 Å². The summed E-state index contributed by atoms with van der Waals surface area (Å²) in [5.74, 6) is 0.404. The van der Waals surface area contributed by atoms with Crippen molar-refractivity contribution in [3.05, 3.63) is 47.8 Å². The van der Waals surface area contributed by atoms with E-state index in [1.807, 2.05) is 26.1 Å². The van der Waals surface area contributed by atoms with Crippen LogP contribution in [-0.2, 0) is 7.05 Å². The largest absolute Gasteiger partial charge is 0.493 e. The van der Waals surface area contributed by atoms with E-state index in [-0.39, 0.29) is 5.91 Å². The smallest absolute Gasteiger partial charge is 0.257 e. The number of anilines is 1. The summed E-state index contributed by atoms with van der Waals surface area (Å²) in [6, 6.07) is 11.0. The lowest BCUT2D eigenvalue weighted by Crippen LogP contribution is -2.12. The summed E-state index contributed by atoms with van der Waals surface area (Å²) in [4.78, 5) is 16.9. The number of aromatic nitrogens is 3. The van der Waals surface area contributed by atoms with Gasteiger partial charge in [0.25, 0.3) is 5.91 Å². The van der Waals surface area contributed by atoms with Gasteiger partial charge in [-0.15, -0.1) is 0 Å². The van der Waals surface area contributed by atoms with Gasteiger partial charge >= 0.3 is 0 Å². The molecule has 0 saturated carbocycles. The summed E-state index contributed by atoms with van der Waals surface area (Å²) in [5, 5.41) is 16.6. The molecule has 1 amide bonds. The first-order chi connectivity index (χ1) is 12.6. The zero-order valence-corrected chi connectivity index (χ0v) is 14.7. The average Bonchev–Trinajstić information content (AvgIpc) is 2.93. The molecular formula is C19H19N5O2. The number of pyridine rings is 1. The van der Waals surface area contributed by atoms with Crippen molar-refractivity contribution < 1.29 is 9.53 Å². The minimum Gasteiger partial charge on any atom is -0.493 e. The first kappa shape index (κ1) is 17.4. The normalized spacial score (nSPS) is 10.5. The Morgan fingerprint density at radius 2 is 2.23 bits per heavy atom. The lowest BCUT2D eigenvalue weighted by molar-refractivity contribution is 0.102. The van der Waals surface area contributed by atoms with Crippen LogP contribution in [0.4, 0.5) is 5.69 Å². The van der Waals surface area contributed by atoms with E-state index in [4.69, 9.17) is 10.00 Å². The molecule has 3 aromatic rings. The first-order valence-corrected chi connectivity index (χ1v) is 8.29. The molecule has 0 spiro atoms. The number of rotatable bonds is 6. The summed E-state index contributed by atoms with van der Waals surface area (Å²) in [7, 11) is 1.82. The van der Waals surface area contributed by atoms with Crippen molar-refractivity contribution in [2.24, 2.45) is 7.05 Å². The van der Waals surface area contributed by atoms with Crippen molar-refractivity contribution in [2.75, 3.05) is 11.9 Å². The zero-order chi connectivity index (χ0) is 18.5. The van der Waals surface area contributed by atoms with E-state index >= 15 is 0 Å². The molecule has 1 N–H and O–H groups in total. The molecule has 7 nitrogen and oxygen atoms in total. The van der Waals surface area contributed by atoms with Gasteiger partial charge in [-0.25, -0.2) is 4.98 Å². The van der Waals surface area contributed by atoms with Gasteiger partial charge in [-0.1, -0.05) is 6.07 Å². The van der Waals surface area contributed by atoms with Crippen LogP contribution in [0.1, 0.15) is 28.9 Å². The number of nitriles is 1. The maximum atomic E-state index is 12.5. The Labute approximate surface area is 151 Å². The summed E-state index contributed by atoms with van der Waals surface area (Å²) < 4.78 is 7.28. The number of carbonyl (C=O) groups is 1. The molecule has 0 aliphatic carbocycles. The highest BCUT2D eigenvalue weighted by molar-refractivity contribution is 6.05. The maximum absolute atomic E-state index is 12.5. The van der Waals surface area contributed by atoms with E-state index in [9.17, 15) is 4.79 Å². The molecule has 1 aromatic carbocycles. The van der Waals surface area contributed by atoms with Gasteiger partial charge in [0.1, 0.15) is 5.75 Å². The van der Waals surface area contributed by atoms with E-state index < -0.39 is 0 Å². The number of nitrogens with zero attached hydrogens (tertiary/aromatic N) is 4. The standard InChI is InChI=1S/C19H19N5O2/c1-13-17-10-14(12-21-18(17)24(2)23-13)19(25)22-15-6-5-7-16(11-15)26-9-4-3-8-20/h5-7,10-12H,3-4,9H2,1-2H3,(H,22,25). The van der Waals surface area contributed by atoms with Crippen LogP contribution in [0.25, 0.3) is 11.0 Å². The van der Waals surface area contributed by atoms with E-state index in [2.05, 4.69) is 21.5 Å². The quantitative estimate of drug-likeness (QED) is 0.690. The van der Waals surface area contributed by atoms with E-state index in [0.717, 1.165) is 16.7 Å². The van der Waals surface area contributed by atoms with Crippen LogP contribution < -0.4 is 10.1 Å². The van der Waals surface area contributed by atoms with Gasteiger partial charge in [-0.3, -0.25) is 9.48 Å². The summed E-state index contributed by atoms with van der Waals surface area (Å²) in [6.07, 6.45) is 2.67. The monoisotopic (exact) mass is 349 g/mol. The second-order valence-corrected chi connectivity index (χ2v) is 5.90. The van der Waals surface area contributed by atoms with Crippen molar-refractivity contribution in [3.8, 4) is 11.8 Å². The SMILES string of the molecule is Cc1nn(C)c2ncc(C(=O)Nc3cccc(OCCCC#N)c3)cc12. The highest BCUT2D eigenvalue weighted by Crippen LogP contribution is 2.20. The van der Waals surface area contributed by atoms with Crippen LogP contribution in [0.3, 0.4) is 0 Å². The molecule has 7 heteroatoms. The Bertz CT molecular complexity index is 987. The molecule has 0 radical (unpaired) electrons. The van der Waals surface area contributed by atoms with E-state index in [0.29, 0.717) is 36.4 Å². The highest BCUT2D eigenvalue weighted by atomic mass is 16.5. The molecule has 0 aliphatic heterocycles. The third-order valence-electron chi connectivity index (χ3n) is 3.92. The van der Waals surface area contributed by atoms with E-state index in [1.54, 1.807) is 29.1 Å². The van der Waals surface area contributed by atoms with Crippen LogP contribution in [-0.4, -0.2) is 27.3 Å². The molecule has 0 saturated heterocycles. The first-order valence-electron chi connectivity index (χ1n) is 8.29. The summed E-state index contributed by atoms with van der Waals surface area (Å²) in [6.45, 7) is 2.35. The van der Waals surface area contributed by atoms with Gasteiger partial charge in [-0.05, 0) is 31.5 Å². The molecule has 0 bridgehead atoms. The average molecular weight is 349 g/mol. The fraction of sp³-hybridized carbons (Fsp3) is 0.263. The third kappa shape index (κ3) is 3.81. The lowest BCUT2D eigenvalue weighted by atomic mass is 10.2. The number of aryl methyl sites for hydroxylation is 2. The number of nitrogens with one attached hydrogen (secondary N) is 1. The number of carbonyl (C=O) groups excluding carboxylic acids is 1. The fourth-order valence-electron chi connectivity index (χ4n) is 2.64. The summed E-state index contributed by atoms with van der Waals surface area (Å²) >= 11 is 0. The molecule has 2 aromatic heterocycles. The molecule has 0 fully saturated rings. The Morgan fingerprint density at radius 3 is 3.04 bits per heavy atom. The van der Waals surface area contributed by atoms with Crippen molar-refractivity contribution in [1.82, 2.24) is 14.8 Å². The minimum atomic E-state index is -0.246. The maximum Gasteiger partial charge on any atom is 0.257 e. The number of unbranched alkanes of at least 4 members (excludes halogenated alkanes) is 1. The minimum absolute atomic E-state index is 0.246. The predicted molar refractivity (Wildman–Crippen MR) is 98.0 cm³/mol. The second kappa shape index (κ2) is 7.66. The molecule has 0 unspecified atom stereocenters. The zero-order valence-electron chi connectivity index (χ0n) is 14.7. The van der Waals surface area contributed by atoms with E-state index in [1.165, 1.54) is 0 Å². The highest BCUT2D eigenvalue weighted by Gasteiger charge is 2.12. The Morgan fingerprint density at radius 1 is 1.38 bits per heavy atom. The van der Waals surface area contributed by atoms with Crippen molar-refractivity contribution >= 4 is 22.6 Å². The Hall–Kier alpha value is -3.40. The molecule has 132 valence electrons. The van der Waals surface area contributed by atoms with Gasteiger partial charge in [0.2, 0.25) is 0 Å². The molecule has 26 heavy (non-hydrogen) atoms. The van der Waals surface area contributed by atoms with Crippen molar-refractivity contribution in [2.45, 2.75) is 19.8 Å². The molecule has 2 heterocycles. The van der Waals surface area contributed by atoms with Crippen molar-refractivity contribution in [3.63, 3.8) is 0 Å². The molecular weight excluding hydrogens is 330 g/mol. The van der Waals surface area contributed by atoms with Gasteiger partial charge in [0.15, 0.2) is 5.65 Å². The summed E-state index contributed by atoms with van der Waals surface area (Å²) in [5.41, 5.74) is 2.67. The number of hydrogen-bond donors (Lipinski definition) is 1. The van der Waals surface area contributed by atoms with Gasteiger partial charge in [0.05, 0.1) is 23.9 Å². The Kier molecular flexibility index (Phi) is 5.13. The van der Waals surface area contributed by atoms with Gasteiger partial charge in [-0.2, -0.15) is 10.4 Å². The number of fused-ring (bicyclic) bond motifs is 1. The van der Waals surface area contributed by atoms with Crippen molar-refractivity contribution in [1.29, 1.82) is 5.26 Å². The van der Waals surface area contributed by atoms with Crippen LogP contribution in [0.5, 0.6) is 5.75 Å². The topological polar surface area (TPSA) is 92.8 Å². The molecule has 3 rings (SSSR count). The van der Waals surface area contributed by atoms with Crippen LogP contribution >= 0.6 is 0 Å². The number of amides is 1. The fourth-order valence-corrected chi connectivity index (χ4v) is 2.64. The third-order valence-corrected chi connectivity index (χ3v) is 3.92. The van der Waals surface area contributed by atoms with Crippen LogP contribution in [0, 0.1) is 18.3 Å². The van der Waals surface area contributed by atoms with Gasteiger partial charge in [0, 0.05) is 36.8 Å². The predicted octanol–water partition coefficient (Wildman–Crippen LogP) is 3.21. The lowest BCUT2D eigenvalue weighted by Gasteiger charge is -2.09. The second-order valence-electron chi connectivity index (χ2n) is 5.90. The molecule has 0 aliphatic rings. The molecule has 0 atom stereocenters. The number of ether oxygens (including phenoxy) is 1.